The lowest BCUT2D eigenvalue weighted by atomic mass is 10.1. The average Bonchev–Trinajstić information content (AvgIpc) is 2.66. The van der Waals surface area contributed by atoms with Gasteiger partial charge in [-0.05, 0) is 5.92 Å². The third-order valence-corrected chi connectivity index (χ3v) is 3.57. The number of carbonyl (C=O) groups is 3. The molecular weight excluding hydrogens is 540 g/mol. The van der Waals surface area contributed by atoms with Crippen molar-refractivity contribution in [1.82, 2.24) is 5.32 Å². The molecule has 0 aliphatic heterocycles. The zero-order valence-electron chi connectivity index (χ0n) is 16.9. The monoisotopic (exact) mass is 553 g/mol. The van der Waals surface area contributed by atoms with E-state index in [9.17, 15) is 75.8 Å². The summed E-state index contributed by atoms with van der Waals surface area (Å²) in [6.45, 7) is -0.424. The molecule has 0 saturated carbocycles. The molecule has 0 heterocycles. The van der Waals surface area contributed by atoms with Crippen LogP contribution in [0.5, 0.6) is 0 Å². The Balaban J connectivity index is 5.91. The first kappa shape index (κ1) is 32.4. The minimum Gasteiger partial charge on any atom is -0.464 e. The Morgan fingerprint density at radius 1 is 0.657 bits per heavy atom. The first-order chi connectivity index (χ1) is 15.2. The number of ether oxygens (including phenoxy) is 2. The van der Waals surface area contributed by atoms with Crippen LogP contribution >= 0.6 is 0 Å². The molecule has 206 valence electrons. The molecule has 0 rings (SSSR count). The number of hydrogen-bond donors (Lipinski definition) is 1. The molecule has 1 unspecified atom stereocenters. The van der Waals surface area contributed by atoms with Gasteiger partial charge in [0, 0.05) is 0 Å². The Labute approximate surface area is 184 Å². The lowest BCUT2D eigenvalue weighted by Gasteiger charge is -2.29. The predicted octanol–water partition coefficient (Wildman–Crippen LogP) is 3.88. The van der Waals surface area contributed by atoms with E-state index < -0.39 is 79.1 Å². The topological polar surface area (TPSA) is 81.7 Å². The van der Waals surface area contributed by atoms with Gasteiger partial charge >= 0.3 is 48.0 Å². The van der Waals surface area contributed by atoms with E-state index >= 15 is 0 Å². The number of esters is 2. The number of halogens is 14. The first-order valence-corrected chi connectivity index (χ1v) is 8.54. The molecule has 0 radical (unpaired) electrons. The summed E-state index contributed by atoms with van der Waals surface area (Å²) >= 11 is 0. The second-order valence-corrected chi connectivity index (χ2v) is 6.94. The molecule has 0 aromatic rings. The van der Waals surface area contributed by atoms with Crippen LogP contribution in [0.15, 0.2) is 0 Å². The SMILES string of the molecule is CC(C)COC(=O)C(COC(=O)C(F)(F)C(F)(F)C(F)(F)F)NC(=O)C(F)(F)C(F)(F)C(F)(F)F. The van der Waals surface area contributed by atoms with Gasteiger partial charge in [-0.2, -0.15) is 61.5 Å². The zero-order valence-corrected chi connectivity index (χ0v) is 16.9. The van der Waals surface area contributed by atoms with Crippen LogP contribution in [-0.2, 0) is 23.9 Å². The summed E-state index contributed by atoms with van der Waals surface area (Å²) in [5, 5.41) is 0.459. The highest BCUT2D eigenvalue weighted by atomic mass is 19.4. The molecule has 6 nitrogen and oxygen atoms in total. The van der Waals surface area contributed by atoms with Gasteiger partial charge in [0.1, 0.15) is 6.61 Å². The maximum Gasteiger partial charge on any atom is 0.460 e. The fraction of sp³-hybridized carbons (Fsp3) is 0.800. The van der Waals surface area contributed by atoms with Crippen LogP contribution in [0.2, 0.25) is 0 Å². The number of alkyl halides is 14. The second-order valence-electron chi connectivity index (χ2n) is 6.94. The van der Waals surface area contributed by atoms with Gasteiger partial charge < -0.3 is 14.8 Å². The minimum atomic E-state index is -7.07. The lowest BCUT2D eigenvalue weighted by molar-refractivity contribution is -0.348. The Kier molecular flexibility index (Phi) is 9.45. The van der Waals surface area contributed by atoms with E-state index in [2.05, 4.69) is 9.47 Å². The van der Waals surface area contributed by atoms with E-state index in [-0.39, 0.29) is 0 Å². The summed E-state index contributed by atoms with van der Waals surface area (Å²) in [7, 11) is 0. The summed E-state index contributed by atoms with van der Waals surface area (Å²) in [5.41, 5.74) is 0. The molecule has 0 aliphatic carbocycles. The van der Waals surface area contributed by atoms with E-state index in [0.29, 0.717) is 5.32 Å². The molecule has 20 heteroatoms. The Morgan fingerprint density at radius 2 is 1.06 bits per heavy atom. The van der Waals surface area contributed by atoms with Gasteiger partial charge in [0.25, 0.3) is 5.91 Å². The molecule has 0 aliphatic rings. The Hall–Kier alpha value is -2.57. The van der Waals surface area contributed by atoms with Gasteiger partial charge in [-0.15, -0.1) is 0 Å². The number of hydrogen-bond acceptors (Lipinski definition) is 5. The third-order valence-electron chi connectivity index (χ3n) is 3.57. The molecule has 0 bridgehead atoms. The molecule has 1 N–H and O–H groups in total. The van der Waals surface area contributed by atoms with Gasteiger partial charge in [-0.3, -0.25) is 4.79 Å². The standard InChI is InChI=1S/C15H13F14NO5/c1-5(2)3-34-7(31)6(30-8(32)10(16,17)12(20,21)14(24,25)26)4-35-9(33)11(18,19)13(22,23)15(27,28)29/h5-6H,3-4H2,1-2H3,(H,30,32). The maximum absolute atomic E-state index is 13.4. The van der Waals surface area contributed by atoms with Gasteiger partial charge in [-0.25, -0.2) is 9.59 Å². The van der Waals surface area contributed by atoms with Gasteiger partial charge in [0.2, 0.25) is 0 Å². The summed E-state index contributed by atoms with van der Waals surface area (Å²) in [6, 6.07) is -3.13. The Morgan fingerprint density at radius 3 is 1.43 bits per heavy atom. The highest BCUT2D eigenvalue weighted by Gasteiger charge is 2.78. The lowest BCUT2D eigenvalue weighted by Crippen LogP contribution is -2.62. The number of carbonyl (C=O) groups excluding carboxylic acids is 3. The smallest absolute Gasteiger partial charge is 0.460 e. The van der Waals surface area contributed by atoms with Crippen LogP contribution in [0.4, 0.5) is 61.5 Å². The molecular formula is C15H13F14NO5. The maximum atomic E-state index is 13.4. The largest absolute Gasteiger partial charge is 0.464 e. The summed E-state index contributed by atoms with van der Waals surface area (Å²) in [4.78, 5) is 34.2. The summed E-state index contributed by atoms with van der Waals surface area (Å²) in [5.74, 6) is -37.6. The molecule has 1 atom stereocenters. The molecule has 0 spiro atoms. The highest BCUT2D eigenvalue weighted by molar-refractivity contribution is 5.90. The van der Waals surface area contributed by atoms with Crippen molar-refractivity contribution in [3.63, 3.8) is 0 Å². The van der Waals surface area contributed by atoms with Crippen LogP contribution < -0.4 is 5.32 Å². The van der Waals surface area contributed by atoms with Crippen LogP contribution in [0.3, 0.4) is 0 Å². The van der Waals surface area contributed by atoms with E-state index in [1.165, 1.54) is 13.8 Å². The molecule has 0 aromatic heterocycles. The predicted molar refractivity (Wildman–Crippen MR) is 80.6 cm³/mol. The molecule has 0 aromatic carbocycles. The second kappa shape index (κ2) is 10.2. The zero-order chi connectivity index (χ0) is 28.4. The third kappa shape index (κ3) is 6.77. The first-order valence-electron chi connectivity index (χ1n) is 8.54. The molecule has 35 heavy (non-hydrogen) atoms. The fourth-order valence-electron chi connectivity index (χ4n) is 1.64. The normalized spacial score (nSPS) is 15.0. The Bertz CT molecular complexity index is 790. The average molecular weight is 553 g/mol. The van der Waals surface area contributed by atoms with E-state index in [1.54, 1.807) is 0 Å². The molecule has 1 amide bonds. The number of amides is 1. The van der Waals surface area contributed by atoms with E-state index in [1.807, 2.05) is 0 Å². The minimum absolute atomic E-state index is 0.459. The summed E-state index contributed by atoms with van der Waals surface area (Å²) < 4.78 is 185. The van der Waals surface area contributed by atoms with E-state index in [4.69, 9.17) is 0 Å². The van der Waals surface area contributed by atoms with Crippen molar-refractivity contribution in [3.05, 3.63) is 0 Å². The fourth-order valence-corrected chi connectivity index (χ4v) is 1.64. The van der Waals surface area contributed by atoms with Crippen molar-refractivity contribution in [2.24, 2.45) is 5.92 Å². The van der Waals surface area contributed by atoms with Crippen LogP contribution in [0.1, 0.15) is 13.8 Å². The molecule has 0 saturated heterocycles. The summed E-state index contributed by atoms with van der Waals surface area (Å²) in [6.07, 6.45) is -14.1. The van der Waals surface area contributed by atoms with Crippen molar-refractivity contribution >= 4 is 17.8 Å². The van der Waals surface area contributed by atoms with Crippen LogP contribution in [0.25, 0.3) is 0 Å². The number of rotatable bonds is 10. The van der Waals surface area contributed by atoms with Crippen molar-refractivity contribution in [2.75, 3.05) is 13.2 Å². The van der Waals surface area contributed by atoms with Crippen LogP contribution in [-0.4, -0.2) is 73.1 Å². The quantitative estimate of drug-likeness (QED) is 0.328. The van der Waals surface area contributed by atoms with Crippen LogP contribution in [0, 0.1) is 5.92 Å². The van der Waals surface area contributed by atoms with Gasteiger partial charge in [0.15, 0.2) is 6.04 Å². The number of nitrogens with one attached hydrogen (secondary N) is 1. The van der Waals surface area contributed by atoms with Gasteiger partial charge in [0.05, 0.1) is 6.61 Å². The van der Waals surface area contributed by atoms with Crippen molar-refractivity contribution in [2.45, 2.75) is 55.9 Å². The van der Waals surface area contributed by atoms with Crippen molar-refractivity contribution < 1.29 is 85.3 Å². The van der Waals surface area contributed by atoms with Crippen molar-refractivity contribution in [3.8, 4) is 0 Å². The van der Waals surface area contributed by atoms with E-state index in [0.717, 1.165) is 0 Å². The molecule has 0 fully saturated rings. The van der Waals surface area contributed by atoms with Crippen molar-refractivity contribution in [1.29, 1.82) is 0 Å². The van der Waals surface area contributed by atoms with Gasteiger partial charge in [-0.1, -0.05) is 13.8 Å². The highest BCUT2D eigenvalue weighted by Crippen LogP contribution is 2.48.